The minimum absolute atomic E-state index is 0.0498. The van der Waals surface area contributed by atoms with Gasteiger partial charge in [0, 0.05) is 37.9 Å². The normalized spacial score (nSPS) is 20.1. The smallest absolute Gasteiger partial charge is 0.415 e. The zero-order valence-electron chi connectivity index (χ0n) is 20.0. The van der Waals surface area contributed by atoms with Crippen molar-refractivity contribution in [1.29, 1.82) is 0 Å². The number of benzene rings is 1. The van der Waals surface area contributed by atoms with Crippen LogP contribution in [0, 0.1) is 0 Å². The highest BCUT2D eigenvalue weighted by Crippen LogP contribution is 2.43. The minimum Gasteiger partial charge on any atom is -0.447 e. The average molecular weight is 453 g/mol. The summed E-state index contributed by atoms with van der Waals surface area (Å²) in [5.41, 5.74) is 2.94. The van der Waals surface area contributed by atoms with Crippen LogP contribution in [-0.4, -0.2) is 59.3 Å². The fourth-order valence-corrected chi connectivity index (χ4v) is 4.35. The molecule has 0 bridgehead atoms. The number of hydrogen-bond acceptors (Lipinski definition) is 7. The van der Waals surface area contributed by atoms with Gasteiger partial charge in [-0.1, -0.05) is 44.5 Å². The Balaban J connectivity index is 0.000000821. The highest BCUT2D eigenvalue weighted by molar-refractivity contribution is 5.88. The molecule has 1 amide bonds. The first-order valence-corrected chi connectivity index (χ1v) is 12.1. The maximum atomic E-state index is 11.8. The monoisotopic (exact) mass is 452 g/mol. The molecular formula is C25H36N6O2. The number of amides is 1. The van der Waals surface area contributed by atoms with Gasteiger partial charge in [-0.05, 0) is 37.0 Å². The summed E-state index contributed by atoms with van der Waals surface area (Å²) >= 11 is 0. The lowest BCUT2D eigenvalue weighted by Crippen LogP contribution is -2.52. The minimum atomic E-state index is -0.360. The molecule has 1 unspecified atom stereocenters. The second-order valence-corrected chi connectivity index (χ2v) is 9.14. The van der Waals surface area contributed by atoms with Gasteiger partial charge in [-0.3, -0.25) is 9.80 Å². The van der Waals surface area contributed by atoms with Crippen molar-refractivity contribution in [1.82, 2.24) is 20.2 Å². The van der Waals surface area contributed by atoms with E-state index in [1.807, 2.05) is 0 Å². The Bertz CT molecular complexity index is 931. The highest BCUT2D eigenvalue weighted by atomic mass is 16.6. The second-order valence-electron chi connectivity index (χ2n) is 9.14. The van der Waals surface area contributed by atoms with E-state index in [1.165, 1.54) is 35.3 Å². The maximum Gasteiger partial charge on any atom is 0.415 e. The number of carbonyl (C=O) groups excluding carboxylic acids is 1. The molecule has 1 aromatic heterocycles. The number of anilines is 2. The molecule has 2 N–H and O–H groups in total. The first-order valence-electron chi connectivity index (χ1n) is 12.1. The van der Waals surface area contributed by atoms with Gasteiger partial charge in [-0.15, -0.1) is 0 Å². The molecule has 1 aromatic carbocycles. The SMILES string of the molecule is CC(Nc1nccc(N2CCOC2=O)n1)c1ccc(CN2CCNCC23CC3)cc1.CCC. The van der Waals surface area contributed by atoms with Crippen LogP contribution < -0.4 is 15.5 Å². The molecule has 3 heterocycles. The fraction of sp³-hybridized carbons (Fsp3) is 0.560. The topological polar surface area (TPSA) is 82.6 Å². The number of hydrogen-bond donors (Lipinski definition) is 2. The van der Waals surface area contributed by atoms with Gasteiger partial charge in [0.15, 0.2) is 0 Å². The predicted octanol–water partition coefficient (Wildman–Crippen LogP) is 3.96. The van der Waals surface area contributed by atoms with Crippen molar-refractivity contribution in [2.24, 2.45) is 0 Å². The molecule has 8 nitrogen and oxygen atoms in total. The molecule has 2 aromatic rings. The lowest BCUT2D eigenvalue weighted by molar-refractivity contribution is 0.134. The van der Waals surface area contributed by atoms with Crippen LogP contribution in [0.2, 0.25) is 0 Å². The van der Waals surface area contributed by atoms with Crippen molar-refractivity contribution >= 4 is 17.9 Å². The Morgan fingerprint density at radius 2 is 1.94 bits per heavy atom. The Morgan fingerprint density at radius 3 is 2.61 bits per heavy atom. The molecule has 1 saturated carbocycles. The van der Waals surface area contributed by atoms with E-state index < -0.39 is 0 Å². The molecule has 3 fully saturated rings. The quantitative estimate of drug-likeness (QED) is 0.686. The standard InChI is InChI=1S/C22H28N6O2.C3H8/c1-16(25-20-24-9-6-19(26-20)28-12-13-30-21(28)29)18-4-2-17(3-5-18)14-27-11-10-23-15-22(27)7-8-22;1-3-2/h2-6,9,16,23H,7-8,10-15H2,1H3,(H,24,25,26);3H2,1-2H3. The van der Waals surface area contributed by atoms with Gasteiger partial charge in [-0.2, -0.15) is 4.98 Å². The van der Waals surface area contributed by atoms with Crippen molar-refractivity contribution in [3.8, 4) is 0 Å². The van der Waals surface area contributed by atoms with Crippen LogP contribution >= 0.6 is 0 Å². The lowest BCUT2D eigenvalue weighted by Gasteiger charge is -2.36. The van der Waals surface area contributed by atoms with Gasteiger partial charge in [-0.25, -0.2) is 9.78 Å². The third-order valence-corrected chi connectivity index (χ3v) is 6.39. The molecular weight excluding hydrogens is 416 g/mol. The molecule has 5 rings (SSSR count). The summed E-state index contributed by atoms with van der Waals surface area (Å²) in [5, 5.41) is 6.88. The molecule has 1 atom stereocenters. The van der Waals surface area contributed by atoms with Crippen LogP contribution in [0.5, 0.6) is 0 Å². The van der Waals surface area contributed by atoms with Crippen LogP contribution in [0.25, 0.3) is 0 Å². The highest BCUT2D eigenvalue weighted by Gasteiger charge is 2.48. The van der Waals surface area contributed by atoms with E-state index in [4.69, 9.17) is 4.74 Å². The summed E-state index contributed by atoms with van der Waals surface area (Å²) < 4.78 is 4.99. The molecule has 2 aliphatic heterocycles. The van der Waals surface area contributed by atoms with E-state index >= 15 is 0 Å². The van der Waals surface area contributed by atoms with Crippen molar-refractivity contribution in [3.63, 3.8) is 0 Å². The first-order chi connectivity index (χ1) is 16.0. The van der Waals surface area contributed by atoms with Crippen LogP contribution in [0.15, 0.2) is 36.5 Å². The van der Waals surface area contributed by atoms with Gasteiger partial charge >= 0.3 is 6.09 Å². The van der Waals surface area contributed by atoms with E-state index in [0.717, 1.165) is 26.2 Å². The molecule has 1 spiro atoms. The van der Waals surface area contributed by atoms with Gasteiger partial charge in [0.25, 0.3) is 0 Å². The zero-order valence-corrected chi connectivity index (χ0v) is 20.0. The Hall–Kier alpha value is -2.71. The molecule has 1 aliphatic carbocycles. The maximum absolute atomic E-state index is 11.8. The Labute approximate surface area is 196 Å². The molecule has 178 valence electrons. The summed E-state index contributed by atoms with van der Waals surface area (Å²) in [6.45, 7) is 11.6. The molecule has 0 radical (unpaired) electrons. The van der Waals surface area contributed by atoms with E-state index in [2.05, 4.69) is 70.5 Å². The summed E-state index contributed by atoms with van der Waals surface area (Å²) in [4.78, 5) is 24.7. The molecule has 3 aliphatic rings. The van der Waals surface area contributed by atoms with Gasteiger partial charge in [0.1, 0.15) is 12.4 Å². The number of nitrogens with one attached hydrogen (secondary N) is 2. The Kier molecular flexibility index (Phi) is 7.45. The van der Waals surface area contributed by atoms with Gasteiger partial charge in [0.2, 0.25) is 5.95 Å². The summed E-state index contributed by atoms with van der Waals surface area (Å²) in [6.07, 6.45) is 5.18. The summed E-state index contributed by atoms with van der Waals surface area (Å²) in [6, 6.07) is 10.6. The van der Waals surface area contributed by atoms with Gasteiger partial charge in [0.05, 0.1) is 12.6 Å². The lowest BCUT2D eigenvalue weighted by atomic mass is 10.0. The second kappa shape index (κ2) is 10.5. The van der Waals surface area contributed by atoms with E-state index in [0.29, 0.717) is 30.5 Å². The van der Waals surface area contributed by atoms with Crippen molar-refractivity contribution in [2.75, 3.05) is 43.0 Å². The van der Waals surface area contributed by atoms with E-state index in [9.17, 15) is 4.79 Å². The van der Waals surface area contributed by atoms with Crippen molar-refractivity contribution in [3.05, 3.63) is 47.7 Å². The average Bonchev–Trinajstić information content (AvgIpc) is 3.46. The Morgan fingerprint density at radius 1 is 1.18 bits per heavy atom. The first kappa shape index (κ1) is 23.4. The van der Waals surface area contributed by atoms with Crippen LogP contribution in [0.4, 0.5) is 16.6 Å². The van der Waals surface area contributed by atoms with Crippen LogP contribution in [0.1, 0.15) is 57.2 Å². The van der Waals surface area contributed by atoms with E-state index in [-0.39, 0.29) is 12.1 Å². The number of aromatic nitrogens is 2. The number of carbonyl (C=O) groups is 1. The summed E-state index contributed by atoms with van der Waals surface area (Å²) in [5.74, 6) is 1.06. The fourth-order valence-electron chi connectivity index (χ4n) is 4.35. The zero-order chi connectivity index (χ0) is 23.3. The van der Waals surface area contributed by atoms with E-state index in [1.54, 1.807) is 12.3 Å². The summed E-state index contributed by atoms with van der Waals surface area (Å²) in [7, 11) is 0. The number of ether oxygens (including phenoxy) is 1. The van der Waals surface area contributed by atoms with Crippen LogP contribution in [0.3, 0.4) is 0 Å². The number of piperazine rings is 1. The largest absolute Gasteiger partial charge is 0.447 e. The molecule has 8 heteroatoms. The third-order valence-electron chi connectivity index (χ3n) is 6.39. The van der Waals surface area contributed by atoms with Gasteiger partial charge < -0.3 is 15.4 Å². The molecule has 2 saturated heterocycles. The van der Waals surface area contributed by atoms with Crippen molar-refractivity contribution < 1.29 is 9.53 Å². The van der Waals surface area contributed by atoms with Crippen molar-refractivity contribution in [2.45, 2.75) is 58.2 Å². The number of cyclic esters (lactones) is 1. The number of nitrogens with zero attached hydrogens (tertiary/aromatic N) is 4. The predicted molar refractivity (Wildman–Crippen MR) is 130 cm³/mol. The third kappa shape index (κ3) is 5.62. The number of rotatable bonds is 6. The van der Waals surface area contributed by atoms with Crippen LogP contribution in [-0.2, 0) is 11.3 Å². The molecule has 33 heavy (non-hydrogen) atoms.